The van der Waals surface area contributed by atoms with E-state index < -0.39 is 44.8 Å². The van der Waals surface area contributed by atoms with Crippen molar-refractivity contribution in [2.75, 3.05) is 4.72 Å². The number of rotatable bonds is 4. The quantitative estimate of drug-likeness (QED) is 0.742. The summed E-state index contributed by atoms with van der Waals surface area (Å²) >= 11 is 0. The number of sulfonamides is 1. The number of H-pyrrole nitrogens is 1. The minimum absolute atomic E-state index is 0.0190. The van der Waals surface area contributed by atoms with Gasteiger partial charge in [-0.05, 0) is 6.92 Å². The lowest BCUT2D eigenvalue weighted by molar-refractivity contribution is 0.277. The first-order chi connectivity index (χ1) is 9.76. The highest BCUT2D eigenvalue weighted by Crippen LogP contribution is 2.22. The van der Waals surface area contributed by atoms with Gasteiger partial charge in [0.25, 0.3) is 10.0 Å². The molecule has 114 valence electrons. The highest BCUT2D eigenvalue weighted by Gasteiger charge is 2.24. The molecule has 0 aliphatic carbocycles. The van der Waals surface area contributed by atoms with Crippen LogP contribution in [0.5, 0.6) is 0 Å². The first kappa shape index (κ1) is 15.3. The van der Waals surface area contributed by atoms with Crippen LogP contribution in [0.2, 0.25) is 0 Å². The van der Waals surface area contributed by atoms with Crippen molar-refractivity contribution in [2.45, 2.75) is 18.6 Å². The molecule has 1 aromatic heterocycles. The topological polar surface area (TPSA) is 95.1 Å². The first-order valence-corrected chi connectivity index (χ1v) is 7.06. The predicted molar refractivity (Wildman–Crippen MR) is 66.4 cm³/mol. The molecule has 1 aromatic carbocycles. The summed E-state index contributed by atoms with van der Waals surface area (Å²) in [6.45, 7) is 0.902. The third kappa shape index (κ3) is 2.85. The second-order valence-corrected chi connectivity index (χ2v) is 5.75. The molecule has 21 heavy (non-hydrogen) atoms. The number of nitrogens with one attached hydrogen (secondary N) is 2. The lowest BCUT2D eigenvalue weighted by Gasteiger charge is -2.08. The van der Waals surface area contributed by atoms with Gasteiger partial charge < -0.3 is 5.11 Å². The molecule has 6 nitrogen and oxygen atoms in total. The van der Waals surface area contributed by atoms with Crippen LogP contribution in [-0.2, 0) is 16.6 Å². The zero-order valence-electron chi connectivity index (χ0n) is 10.6. The smallest absolute Gasteiger partial charge is 0.281 e. The number of benzene rings is 1. The molecule has 0 aliphatic rings. The number of nitrogens with zero attached hydrogens (tertiary/aromatic N) is 1. The Labute approximate surface area is 117 Å². The van der Waals surface area contributed by atoms with Crippen LogP contribution in [0.1, 0.15) is 11.3 Å². The summed E-state index contributed by atoms with van der Waals surface area (Å²) in [7, 11) is -4.29. The lowest BCUT2D eigenvalue weighted by Crippen LogP contribution is -2.16. The molecular weight excluding hydrogens is 311 g/mol. The van der Waals surface area contributed by atoms with E-state index in [9.17, 15) is 21.6 Å². The molecular formula is C11H10F3N3O3S. The van der Waals surface area contributed by atoms with Crippen LogP contribution < -0.4 is 4.72 Å². The van der Waals surface area contributed by atoms with E-state index in [2.05, 4.69) is 10.2 Å². The van der Waals surface area contributed by atoms with Gasteiger partial charge in [-0.25, -0.2) is 13.2 Å². The maximum Gasteiger partial charge on any atom is 0.281 e. The average Bonchev–Trinajstić information content (AvgIpc) is 2.77. The summed E-state index contributed by atoms with van der Waals surface area (Å²) in [5.74, 6) is -4.77. The molecule has 0 saturated carbocycles. The van der Waals surface area contributed by atoms with Crippen LogP contribution in [0.25, 0.3) is 0 Å². The van der Waals surface area contributed by atoms with E-state index in [0.717, 1.165) is 0 Å². The van der Waals surface area contributed by atoms with Crippen LogP contribution in [0.3, 0.4) is 0 Å². The Kier molecular flexibility index (Phi) is 3.92. The molecule has 0 fully saturated rings. The molecule has 1 heterocycles. The van der Waals surface area contributed by atoms with Crippen molar-refractivity contribution >= 4 is 15.7 Å². The van der Waals surface area contributed by atoms with Gasteiger partial charge in [-0.2, -0.15) is 13.5 Å². The third-order valence-electron chi connectivity index (χ3n) is 2.68. The predicted octanol–water partition coefficient (Wildman–Crippen LogP) is 1.43. The SMILES string of the molecule is Cc1[nH]nc(S(=O)(=O)Nc2cc(F)c(F)c(F)c2)c1CO. The maximum atomic E-state index is 13.1. The zero-order chi connectivity index (χ0) is 15.8. The number of aliphatic hydroxyl groups is 1. The Morgan fingerprint density at radius 2 is 1.86 bits per heavy atom. The van der Waals surface area contributed by atoms with Crippen molar-refractivity contribution < 1.29 is 26.7 Å². The monoisotopic (exact) mass is 321 g/mol. The van der Waals surface area contributed by atoms with E-state index in [1.807, 2.05) is 4.72 Å². The maximum absolute atomic E-state index is 13.1. The largest absolute Gasteiger partial charge is 0.392 e. The minimum atomic E-state index is -4.29. The first-order valence-electron chi connectivity index (χ1n) is 5.58. The fourth-order valence-electron chi connectivity index (χ4n) is 1.66. The Morgan fingerprint density at radius 3 is 2.38 bits per heavy atom. The molecule has 0 aliphatic heterocycles. The van der Waals surface area contributed by atoms with Gasteiger partial charge in [0.2, 0.25) is 5.03 Å². The van der Waals surface area contributed by atoms with Crippen LogP contribution in [-0.4, -0.2) is 23.7 Å². The van der Waals surface area contributed by atoms with E-state index in [1.54, 1.807) is 0 Å². The summed E-state index contributed by atoms with van der Waals surface area (Å²) in [4.78, 5) is 0. The van der Waals surface area contributed by atoms with Crippen molar-refractivity contribution in [3.05, 3.63) is 40.8 Å². The van der Waals surface area contributed by atoms with Crippen molar-refractivity contribution in [3.63, 3.8) is 0 Å². The number of aliphatic hydroxyl groups excluding tert-OH is 1. The number of aromatic nitrogens is 2. The zero-order valence-corrected chi connectivity index (χ0v) is 11.4. The summed E-state index contributed by atoms with van der Waals surface area (Å²) in [6, 6.07) is 0.988. The Balaban J connectivity index is 2.42. The van der Waals surface area contributed by atoms with E-state index in [-0.39, 0.29) is 5.56 Å². The molecule has 0 amide bonds. The molecule has 0 saturated heterocycles. The molecule has 2 rings (SSSR count). The Morgan fingerprint density at radius 1 is 1.29 bits per heavy atom. The van der Waals surface area contributed by atoms with Crippen LogP contribution in [0, 0.1) is 24.4 Å². The Bertz CT molecular complexity index is 766. The molecule has 0 bridgehead atoms. The standard InChI is InChI=1S/C11H10F3N3O3S/c1-5-7(4-18)11(16-15-5)21(19,20)17-6-2-8(12)10(14)9(13)3-6/h2-3,17-18H,4H2,1H3,(H,15,16). The number of aryl methyl sites for hydroxylation is 1. The van der Waals surface area contributed by atoms with Gasteiger partial charge in [0.05, 0.1) is 12.3 Å². The van der Waals surface area contributed by atoms with Gasteiger partial charge >= 0.3 is 0 Å². The molecule has 3 N–H and O–H groups in total. The molecule has 0 unspecified atom stereocenters. The minimum Gasteiger partial charge on any atom is -0.392 e. The van der Waals surface area contributed by atoms with Crippen LogP contribution in [0.15, 0.2) is 17.2 Å². The van der Waals surface area contributed by atoms with Crippen molar-refractivity contribution in [1.29, 1.82) is 0 Å². The fourth-order valence-corrected chi connectivity index (χ4v) is 2.89. The Hall–Kier alpha value is -2.07. The highest BCUT2D eigenvalue weighted by molar-refractivity contribution is 7.92. The van der Waals surface area contributed by atoms with Crippen LogP contribution in [0.4, 0.5) is 18.9 Å². The average molecular weight is 321 g/mol. The van der Waals surface area contributed by atoms with Gasteiger partial charge in [0.1, 0.15) is 0 Å². The molecule has 0 radical (unpaired) electrons. The number of anilines is 1. The van der Waals surface area contributed by atoms with E-state index in [1.165, 1.54) is 6.92 Å². The summed E-state index contributed by atoms with van der Waals surface area (Å²) < 4.78 is 64.9. The second kappa shape index (κ2) is 5.37. The number of halogens is 3. The molecule has 10 heteroatoms. The van der Waals surface area contributed by atoms with Crippen molar-refractivity contribution in [1.82, 2.24) is 10.2 Å². The summed E-state index contributed by atoms with van der Waals surface area (Å²) in [5, 5.41) is 14.5. The van der Waals surface area contributed by atoms with Gasteiger partial charge in [0.15, 0.2) is 17.5 Å². The van der Waals surface area contributed by atoms with Crippen molar-refractivity contribution in [3.8, 4) is 0 Å². The number of aromatic amines is 1. The normalized spacial score (nSPS) is 11.7. The van der Waals surface area contributed by atoms with Gasteiger partial charge in [-0.3, -0.25) is 9.82 Å². The molecule has 0 spiro atoms. The number of hydrogen-bond donors (Lipinski definition) is 3. The van der Waals surface area contributed by atoms with Gasteiger partial charge in [0, 0.05) is 23.4 Å². The lowest BCUT2D eigenvalue weighted by atomic mass is 10.3. The van der Waals surface area contributed by atoms with Crippen molar-refractivity contribution in [2.24, 2.45) is 0 Å². The van der Waals surface area contributed by atoms with E-state index in [0.29, 0.717) is 17.8 Å². The van der Waals surface area contributed by atoms with Gasteiger partial charge in [-0.15, -0.1) is 0 Å². The van der Waals surface area contributed by atoms with Gasteiger partial charge in [-0.1, -0.05) is 0 Å². The summed E-state index contributed by atoms with van der Waals surface area (Å²) in [5.41, 5.74) is -0.157. The second-order valence-electron chi connectivity index (χ2n) is 4.15. The summed E-state index contributed by atoms with van der Waals surface area (Å²) in [6.07, 6.45) is 0. The third-order valence-corrected chi connectivity index (χ3v) is 4.04. The molecule has 0 atom stereocenters. The number of hydrogen-bond acceptors (Lipinski definition) is 4. The highest BCUT2D eigenvalue weighted by atomic mass is 32.2. The molecule has 2 aromatic rings. The fraction of sp³-hybridized carbons (Fsp3) is 0.182. The van der Waals surface area contributed by atoms with Crippen LogP contribution >= 0.6 is 0 Å². The van der Waals surface area contributed by atoms with E-state index in [4.69, 9.17) is 5.11 Å². The van der Waals surface area contributed by atoms with E-state index >= 15 is 0 Å².